The molecule has 3 N–H and O–H groups in total. The van der Waals surface area contributed by atoms with Crippen LogP contribution in [0, 0.1) is 4.91 Å². The lowest BCUT2D eigenvalue weighted by atomic mass is 10.1. The zero-order chi connectivity index (χ0) is 16.2. The van der Waals surface area contributed by atoms with Gasteiger partial charge in [-0.2, -0.15) is 0 Å². The van der Waals surface area contributed by atoms with Crippen LogP contribution in [-0.2, 0) is 13.0 Å². The Bertz CT molecular complexity index is 845. The predicted octanol–water partition coefficient (Wildman–Crippen LogP) is 4.48. The van der Waals surface area contributed by atoms with Crippen molar-refractivity contribution >= 4 is 38.2 Å². The number of benzene rings is 2. The van der Waals surface area contributed by atoms with Crippen LogP contribution in [0.4, 0.5) is 11.4 Å². The first kappa shape index (κ1) is 15.7. The fraction of sp³-hybridized carbons (Fsp3) is 0.176. The third kappa shape index (κ3) is 3.28. The number of nitrogens with one attached hydrogen (secondary N) is 2. The Balaban J connectivity index is 1.72. The van der Waals surface area contributed by atoms with Crippen LogP contribution >= 0.6 is 15.9 Å². The standard InChI is InChI=1S/C17H16BrN3O2/c18-14-8-16(21-23)12(10-22)7-17(14)19-6-5-11-9-20-15-4-2-1-3-13(11)15/h1-4,7-9,19-20,22H,5-6,10H2. The molecule has 0 radical (unpaired) electrons. The third-order valence-corrected chi connectivity index (χ3v) is 4.48. The topological polar surface area (TPSA) is 77.5 Å². The lowest BCUT2D eigenvalue weighted by Gasteiger charge is -2.11. The molecule has 0 saturated carbocycles. The average molecular weight is 374 g/mol. The zero-order valence-corrected chi connectivity index (χ0v) is 13.9. The van der Waals surface area contributed by atoms with Crippen molar-refractivity contribution < 1.29 is 5.11 Å². The van der Waals surface area contributed by atoms with Crippen molar-refractivity contribution in [3.63, 3.8) is 0 Å². The number of nitroso groups, excluding NO2 is 1. The van der Waals surface area contributed by atoms with Gasteiger partial charge in [0.15, 0.2) is 0 Å². The highest BCUT2D eigenvalue weighted by Gasteiger charge is 2.09. The Labute approximate surface area is 141 Å². The molecule has 118 valence electrons. The van der Waals surface area contributed by atoms with E-state index in [2.05, 4.69) is 43.5 Å². The van der Waals surface area contributed by atoms with Crippen LogP contribution in [0.15, 0.2) is 52.2 Å². The van der Waals surface area contributed by atoms with E-state index in [0.717, 1.165) is 28.6 Å². The number of aromatic nitrogens is 1. The van der Waals surface area contributed by atoms with Crippen LogP contribution in [0.5, 0.6) is 0 Å². The first-order valence-corrected chi connectivity index (χ1v) is 8.07. The molecule has 1 aromatic heterocycles. The fourth-order valence-electron chi connectivity index (χ4n) is 2.62. The number of rotatable bonds is 6. The smallest absolute Gasteiger partial charge is 0.114 e. The maximum Gasteiger partial charge on any atom is 0.114 e. The molecule has 0 unspecified atom stereocenters. The largest absolute Gasteiger partial charge is 0.392 e. The molecule has 0 aliphatic rings. The average Bonchev–Trinajstić information content (AvgIpc) is 2.99. The molecule has 0 atom stereocenters. The Morgan fingerprint density at radius 3 is 2.83 bits per heavy atom. The number of nitrogens with zero attached hydrogens (tertiary/aromatic N) is 1. The Morgan fingerprint density at radius 1 is 1.22 bits per heavy atom. The van der Waals surface area contributed by atoms with E-state index >= 15 is 0 Å². The number of fused-ring (bicyclic) bond motifs is 1. The Kier molecular flexibility index (Phi) is 4.73. The van der Waals surface area contributed by atoms with Crippen LogP contribution in [0.25, 0.3) is 10.9 Å². The Hall–Kier alpha value is -2.18. The minimum Gasteiger partial charge on any atom is -0.392 e. The van der Waals surface area contributed by atoms with Gasteiger partial charge in [0.25, 0.3) is 0 Å². The molecule has 0 aliphatic heterocycles. The van der Waals surface area contributed by atoms with Gasteiger partial charge in [0.05, 0.1) is 6.61 Å². The van der Waals surface area contributed by atoms with Gasteiger partial charge in [-0.3, -0.25) is 0 Å². The van der Waals surface area contributed by atoms with E-state index < -0.39 is 0 Å². The summed E-state index contributed by atoms with van der Waals surface area (Å²) in [4.78, 5) is 14.0. The van der Waals surface area contributed by atoms with Crippen molar-refractivity contribution in [3.05, 3.63) is 63.1 Å². The Morgan fingerprint density at radius 2 is 2.04 bits per heavy atom. The molecule has 0 aliphatic carbocycles. The van der Waals surface area contributed by atoms with E-state index in [0.29, 0.717) is 5.56 Å². The number of hydrogen-bond acceptors (Lipinski definition) is 4. The second-order valence-electron chi connectivity index (χ2n) is 5.25. The second-order valence-corrected chi connectivity index (χ2v) is 6.10. The number of para-hydroxylation sites is 1. The van der Waals surface area contributed by atoms with Gasteiger partial charge in [0.2, 0.25) is 0 Å². The van der Waals surface area contributed by atoms with E-state index in [9.17, 15) is 10.0 Å². The number of aromatic amines is 1. The molecule has 5 nitrogen and oxygen atoms in total. The molecule has 2 aromatic carbocycles. The monoisotopic (exact) mass is 373 g/mol. The summed E-state index contributed by atoms with van der Waals surface area (Å²) in [6.45, 7) is 0.519. The number of anilines is 1. The highest BCUT2D eigenvalue weighted by atomic mass is 79.9. The van der Waals surface area contributed by atoms with E-state index in [1.54, 1.807) is 12.1 Å². The lowest BCUT2D eigenvalue weighted by Crippen LogP contribution is -2.05. The first-order chi connectivity index (χ1) is 11.2. The van der Waals surface area contributed by atoms with Crippen molar-refractivity contribution in [2.24, 2.45) is 5.18 Å². The number of H-pyrrole nitrogens is 1. The minimum absolute atomic E-state index is 0.217. The molecule has 0 fully saturated rings. The molecule has 0 amide bonds. The highest BCUT2D eigenvalue weighted by molar-refractivity contribution is 9.10. The maximum atomic E-state index is 10.7. The van der Waals surface area contributed by atoms with Gasteiger partial charge in [-0.15, -0.1) is 4.91 Å². The van der Waals surface area contributed by atoms with Gasteiger partial charge < -0.3 is 15.4 Å². The molecule has 1 heterocycles. The lowest BCUT2D eigenvalue weighted by molar-refractivity contribution is 0.282. The molecule has 23 heavy (non-hydrogen) atoms. The normalized spacial score (nSPS) is 10.9. The van der Waals surface area contributed by atoms with E-state index in [1.165, 1.54) is 10.9 Å². The van der Waals surface area contributed by atoms with Crippen molar-refractivity contribution in [2.45, 2.75) is 13.0 Å². The second kappa shape index (κ2) is 6.93. The predicted molar refractivity (Wildman–Crippen MR) is 96.0 cm³/mol. The SMILES string of the molecule is O=Nc1cc(Br)c(NCCc2c[nH]c3ccccc23)cc1CO. The molecule has 3 aromatic rings. The third-order valence-electron chi connectivity index (χ3n) is 3.82. The molecule has 0 saturated heterocycles. The molecule has 0 bridgehead atoms. The van der Waals surface area contributed by atoms with Crippen LogP contribution in [0.1, 0.15) is 11.1 Å². The number of halogens is 1. The molecule has 3 rings (SSSR count). The summed E-state index contributed by atoms with van der Waals surface area (Å²) in [5.41, 5.74) is 3.98. The van der Waals surface area contributed by atoms with Crippen molar-refractivity contribution in [1.29, 1.82) is 0 Å². The first-order valence-electron chi connectivity index (χ1n) is 7.28. The highest BCUT2D eigenvalue weighted by Crippen LogP contribution is 2.31. The number of hydrogen-bond donors (Lipinski definition) is 3. The van der Waals surface area contributed by atoms with Crippen molar-refractivity contribution in [1.82, 2.24) is 4.98 Å². The summed E-state index contributed by atoms with van der Waals surface area (Å²) >= 11 is 3.42. The summed E-state index contributed by atoms with van der Waals surface area (Å²) in [7, 11) is 0. The van der Waals surface area contributed by atoms with Crippen LogP contribution in [0.2, 0.25) is 0 Å². The van der Waals surface area contributed by atoms with Gasteiger partial charge in [0.1, 0.15) is 5.69 Å². The molecule has 0 spiro atoms. The van der Waals surface area contributed by atoms with Crippen molar-refractivity contribution in [2.75, 3.05) is 11.9 Å². The van der Waals surface area contributed by atoms with Crippen molar-refractivity contribution in [3.8, 4) is 0 Å². The zero-order valence-electron chi connectivity index (χ0n) is 12.3. The molecular weight excluding hydrogens is 358 g/mol. The van der Waals surface area contributed by atoms with Crippen LogP contribution in [-0.4, -0.2) is 16.6 Å². The van der Waals surface area contributed by atoms with Crippen LogP contribution < -0.4 is 5.32 Å². The maximum absolute atomic E-state index is 10.7. The molecular formula is C17H16BrN3O2. The number of aliphatic hydroxyl groups excluding tert-OH is 1. The van der Waals surface area contributed by atoms with Crippen LogP contribution in [0.3, 0.4) is 0 Å². The van der Waals surface area contributed by atoms with Gasteiger partial charge in [-0.25, -0.2) is 0 Å². The van der Waals surface area contributed by atoms with Gasteiger partial charge >= 0.3 is 0 Å². The summed E-state index contributed by atoms with van der Waals surface area (Å²) in [6.07, 6.45) is 2.89. The van der Waals surface area contributed by atoms with Gasteiger partial charge in [0, 0.05) is 39.4 Å². The summed E-state index contributed by atoms with van der Waals surface area (Å²) < 4.78 is 0.753. The van der Waals surface area contributed by atoms with E-state index in [-0.39, 0.29) is 12.3 Å². The quantitative estimate of drug-likeness (QED) is 0.557. The van der Waals surface area contributed by atoms with E-state index in [4.69, 9.17) is 0 Å². The summed E-state index contributed by atoms with van der Waals surface area (Å²) in [5, 5.41) is 16.8. The number of aliphatic hydroxyl groups is 1. The molecule has 6 heteroatoms. The fourth-order valence-corrected chi connectivity index (χ4v) is 3.10. The van der Waals surface area contributed by atoms with Gasteiger partial charge in [-0.1, -0.05) is 18.2 Å². The van der Waals surface area contributed by atoms with E-state index in [1.807, 2.05) is 18.3 Å². The van der Waals surface area contributed by atoms with Gasteiger partial charge in [-0.05, 0) is 51.3 Å². The minimum atomic E-state index is -0.217. The summed E-state index contributed by atoms with van der Waals surface area (Å²) in [6, 6.07) is 11.6. The summed E-state index contributed by atoms with van der Waals surface area (Å²) in [5.74, 6) is 0.